The van der Waals surface area contributed by atoms with E-state index in [2.05, 4.69) is 4.74 Å². The van der Waals surface area contributed by atoms with E-state index in [1.54, 1.807) is 0 Å². The largest absolute Gasteiger partial charge is 0.480 e. The fraction of sp³-hybridized carbons (Fsp3) is 0.417. The van der Waals surface area contributed by atoms with Crippen LogP contribution in [0, 0.1) is 11.7 Å². The summed E-state index contributed by atoms with van der Waals surface area (Å²) in [6.07, 6.45) is 0. The number of alkyl halides is 2. The van der Waals surface area contributed by atoms with Crippen LogP contribution in [0.25, 0.3) is 0 Å². The quantitative estimate of drug-likeness (QED) is 0.789. The second kappa shape index (κ2) is 6.97. The van der Waals surface area contributed by atoms with E-state index in [1.165, 1.54) is 13.8 Å². The first-order valence-corrected chi connectivity index (χ1v) is 7.52. The van der Waals surface area contributed by atoms with Crippen LogP contribution in [0.2, 0.25) is 0 Å². The molecule has 0 radical (unpaired) electrons. The van der Waals surface area contributed by atoms with Gasteiger partial charge in [0.1, 0.15) is 6.04 Å². The van der Waals surface area contributed by atoms with Crippen molar-refractivity contribution < 1.29 is 36.2 Å². The Morgan fingerprint density at radius 2 is 1.91 bits per heavy atom. The van der Waals surface area contributed by atoms with Gasteiger partial charge in [0.15, 0.2) is 11.6 Å². The molecule has 0 amide bonds. The van der Waals surface area contributed by atoms with Crippen LogP contribution in [-0.4, -0.2) is 32.1 Å². The van der Waals surface area contributed by atoms with Crippen molar-refractivity contribution in [3.05, 3.63) is 24.0 Å². The van der Waals surface area contributed by atoms with Crippen LogP contribution in [0.1, 0.15) is 13.8 Å². The van der Waals surface area contributed by atoms with E-state index < -0.39 is 51.0 Å². The minimum atomic E-state index is -4.33. The summed E-state index contributed by atoms with van der Waals surface area (Å²) < 4.78 is 67.3. The van der Waals surface area contributed by atoms with Crippen molar-refractivity contribution in [1.29, 1.82) is 0 Å². The Kier molecular flexibility index (Phi) is 5.78. The molecule has 0 bridgehead atoms. The molecule has 22 heavy (non-hydrogen) atoms. The third kappa shape index (κ3) is 4.60. The summed E-state index contributed by atoms with van der Waals surface area (Å²) in [5, 5.41) is 8.95. The zero-order chi connectivity index (χ0) is 17.1. The van der Waals surface area contributed by atoms with E-state index >= 15 is 0 Å². The molecule has 10 heteroatoms. The molecule has 0 aliphatic carbocycles. The predicted octanol–water partition coefficient (Wildman–Crippen LogP) is 1.81. The number of ether oxygens (including phenoxy) is 1. The molecular formula is C12H14F3NO5S. The number of aliphatic carboxylic acids is 1. The Labute approximate surface area is 124 Å². The lowest BCUT2D eigenvalue weighted by Gasteiger charge is -2.18. The second-order valence-corrected chi connectivity index (χ2v) is 6.37. The summed E-state index contributed by atoms with van der Waals surface area (Å²) in [6.45, 7) is -0.282. The summed E-state index contributed by atoms with van der Waals surface area (Å²) in [5.74, 6) is -4.07. The van der Waals surface area contributed by atoms with E-state index in [1.807, 2.05) is 4.72 Å². The number of nitrogens with one attached hydrogen (secondary N) is 1. The summed E-state index contributed by atoms with van der Waals surface area (Å²) in [5.41, 5.74) is 0. The topological polar surface area (TPSA) is 92.7 Å². The molecule has 0 spiro atoms. The van der Waals surface area contributed by atoms with Gasteiger partial charge in [0.2, 0.25) is 10.0 Å². The summed E-state index contributed by atoms with van der Waals surface area (Å²) in [7, 11) is -4.33. The number of rotatable bonds is 7. The minimum Gasteiger partial charge on any atom is -0.480 e. The number of sulfonamides is 1. The van der Waals surface area contributed by atoms with Crippen molar-refractivity contribution in [1.82, 2.24) is 4.72 Å². The number of halogens is 3. The normalized spacial score (nSPS) is 13.4. The fourth-order valence-corrected chi connectivity index (χ4v) is 2.90. The maximum Gasteiger partial charge on any atom is 0.387 e. The molecule has 0 fully saturated rings. The highest BCUT2D eigenvalue weighted by Crippen LogP contribution is 2.23. The van der Waals surface area contributed by atoms with Crippen LogP contribution in [-0.2, 0) is 14.8 Å². The van der Waals surface area contributed by atoms with Crippen LogP contribution in [0.5, 0.6) is 5.75 Å². The highest BCUT2D eigenvalue weighted by Gasteiger charge is 2.28. The zero-order valence-electron chi connectivity index (χ0n) is 11.6. The van der Waals surface area contributed by atoms with E-state index in [0.717, 1.165) is 12.1 Å². The van der Waals surface area contributed by atoms with Gasteiger partial charge in [-0.15, -0.1) is 0 Å². The third-order valence-corrected chi connectivity index (χ3v) is 4.08. The van der Waals surface area contributed by atoms with Crippen molar-refractivity contribution in [3.63, 3.8) is 0 Å². The molecule has 0 aliphatic rings. The predicted molar refractivity (Wildman–Crippen MR) is 69.6 cm³/mol. The van der Waals surface area contributed by atoms with Crippen molar-refractivity contribution in [3.8, 4) is 5.75 Å². The molecule has 0 saturated heterocycles. The maximum absolute atomic E-state index is 13.5. The first-order chi connectivity index (χ1) is 10.0. The van der Waals surface area contributed by atoms with Crippen LogP contribution in [0.4, 0.5) is 13.2 Å². The van der Waals surface area contributed by atoms with Crippen LogP contribution < -0.4 is 9.46 Å². The van der Waals surface area contributed by atoms with E-state index in [0.29, 0.717) is 6.07 Å². The molecule has 1 atom stereocenters. The van der Waals surface area contributed by atoms with Crippen molar-refractivity contribution >= 4 is 16.0 Å². The van der Waals surface area contributed by atoms with Gasteiger partial charge in [0.25, 0.3) is 0 Å². The van der Waals surface area contributed by atoms with Crippen LogP contribution in [0.3, 0.4) is 0 Å². The molecule has 0 aliphatic heterocycles. The van der Waals surface area contributed by atoms with E-state index in [4.69, 9.17) is 5.11 Å². The summed E-state index contributed by atoms with van der Waals surface area (Å²) in [6, 6.07) is 0.619. The lowest BCUT2D eigenvalue weighted by Crippen LogP contribution is -2.44. The smallest absolute Gasteiger partial charge is 0.387 e. The third-order valence-electron chi connectivity index (χ3n) is 2.64. The van der Waals surface area contributed by atoms with Gasteiger partial charge in [-0.3, -0.25) is 4.79 Å². The maximum atomic E-state index is 13.5. The van der Waals surface area contributed by atoms with Gasteiger partial charge in [-0.2, -0.15) is 13.5 Å². The van der Waals surface area contributed by atoms with Crippen molar-refractivity contribution in [2.24, 2.45) is 5.92 Å². The Morgan fingerprint density at radius 1 is 1.32 bits per heavy atom. The second-order valence-electron chi connectivity index (χ2n) is 4.65. The average Bonchev–Trinajstić information content (AvgIpc) is 2.37. The molecule has 1 rings (SSSR count). The Balaban J connectivity index is 3.08. The molecular weight excluding hydrogens is 327 g/mol. The average molecular weight is 341 g/mol. The Bertz CT molecular complexity index is 648. The van der Waals surface area contributed by atoms with Gasteiger partial charge in [0, 0.05) is 0 Å². The number of hydrogen-bond donors (Lipinski definition) is 2. The van der Waals surface area contributed by atoms with E-state index in [-0.39, 0.29) is 0 Å². The number of carboxylic acids is 1. The van der Waals surface area contributed by atoms with Crippen molar-refractivity contribution in [2.75, 3.05) is 0 Å². The van der Waals surface area contributed by atoms with Crippen LogP contribution >= 0.6 is 0 Å². The van der Waals surface area contributed by atoms with Crippen molar-refractivity contribution in [2.45, 2.75) is 31.4 Å². The van der Waals surface area contributed by atoms with Gasteiger partial charge in [-0.25, -0.2) is 12.8 Å². The number of carbonyl (C=O) groups is 1. The lowest BCUT2D eigenvalue weighted by atomic mass is 10.1. The molecule has 124 valence electrons. The first-order valence-electron chi connectivity index (χ1n) is 6.04. The molecule has 0 saturated carbocycles. The lowest BCUT2D eigenvalue weighted by molar-refractivity contribution is -0.140. The minimum absolute atomic E-state index is 0.472. The first kappa shape index (κ1) is 18.2. The molecule has 6 nitrogen and oxygen atoms in total. The summed E-state index contributed by atoms with van der Waals surface area (Å²) in [4.78, 5) is 10.4. The Morgan fingerprint density at radius 3 is 2.32 bits per heavy atom. The highest BCUT2D eigenvalue weighted by molar-refractivity contribution is 7.89. The molecule has 1 aromatic carbocycles. The molecule has 0 heterocycles. The monoisotopic (exact) mass is 341 g/mol. The SMILES string of the molecule is CC(C)[C@H](NS(=O)(=O)c1ccc(OC(F)F)c(F)c1)C(=O)O. The van der Waals surface area contributed by atoms with Crippen LogP contribution in [0.15, 0.2) is 23.1 Å². The number of benzene rings is 1. The highest BCUT2D eigenvalue weighted by atomic mass is 32.2. The number of hydrogen-bond acceptors (Lipinski definition) is 4. The van der Waals surface area contributed by atoms with Gasteiger partial charge >= 0.3 is 12.6 Å². The standard InChI is InChI=1S/C12H14F3NO5S/c1-6(2)10(11(17)18)16-22(19,20)7-3-4-9(8(13)5-7)21-12(14)15/h3-6,10,12,16H,1-2H3,(H,17,18)/t10-/m0/s1. The molecule has 1 aromatic rings. The molecule has 0 unspecified atom stereocenters. The Hall–Kier alpha value is -1.81. The van der Waals surface area contributed by atoms with Gasteiger partial charge < -0.3 is 9.84 Å². The van der Waals surface area contributed by atoms with Gasteiger partial charge in [0.05, 0.1) is 4.90 Å². The summed E-state index contributed by atoms with van der Waals surface area (Å²) >= 11 is 0. The van der Waals surface area contributed by atoms with Gasteiger partial charge in [-0.1, -0.05) is 13.8 Å². The fourth-order valence-electron chi connectivity index (χ4n) is 1.55. The van der Waals surface area contributed by atoms with E-state index in [9.17, 15) is 26.4 Å². The number of carboxylic acid groups (broad SMARTS) is 1. The van der Waals surface area contributed by atoms with Gasteiger partial charge in [-0.05, 0) is 24.1 Å². The molecule has 2 N–H and O–H groups in total. The zero-order valence-corrected chi connectivity index (χ0v) is 12.4. The molecule has 0 aromatic heterocycles.